The van der Waals surface area contributed by atoms with E-state index in [0.717, 1.165) is 5.75 Å². The van der Waals surface area contributed by atoms with Crippen LogP contribution in [0.3, 0.4) is 0 Å². The molecule has 1 aromatic rings. The second-order valence-corrected chi connectivity index (χ2v) is 16.6. The number of aryl methyl sites for hydroxylation is 3. The van der Waals surface area contributed by atoms with Gasteiger partial charge in [0.15, 0.2) is 0 Å². The first kappa shape index (κ1) is 69.4. The van der Waals surface area contributed by atoms with Crippen LogP contribution < -0.4 is 4.74 Å². The Morgan fingerprint density at radius 1 is 0.596 bits per heavy atom. The topological polar surface area (TPSA) is 19.0 Å². The van der Waals surface area contributed by atoms with Gasteiger partial charge in [-0.1, -0.05) is 100 Å². The fourth-order valence-corrected chi connectivity index (χ4v) is 1.77. The zero-order valence-corrected chi connectivity index (χ0v) is 40.5. The van der Waals surface area contributed by atoms with Gasteiger partial charge in [-0.2, -0.15) is 5.41 Å². The standard InChI is InChI=1S/C15H25NO.2C6H14N.C6H14.C5H11.2CH3.3V/c1-11-8-12(2)14(13(3)9-11)17-10-15(4,5)16(6)7;2*1-6(2,3)7(4)5;1-5-6(2,3)4;1-5(2,3)4;;;;;/h8-9H,10H2,1-7H3;2*1H2,2-5H3;5H2,1-4H3;1H2,2-4H3;2*1H3;;;/q;2*-1;;3*-1;;2*+2. The van der Waals surface area contributed by atoms with Crippen LogP contribution in [0, 0.1) is 67.2 Å². The van der Waals surface area contributed by atoms with E-state index >= 15 is 0 Å². The van der Waals surface area contributed by atoms with Crippen molar-refractivity contribution in [3.8, 4) is 5.75 Å². The minimum absolute atomic E-state index is 0. The Bertz CT molecular complexity index is 778. The van der Waals surface area contributed by atoms with Crippen molar-refractivity contribution in [1.29, 1.82) is 0 Å². The third-order valence-electron chi connectivity index (χ3n) is 6.87. The van der Waals surface area contributed by atoms with E-state index in [1.165, 1.54) is 23.1 Å². The largest absolute Gasteiger partial charge is 2.00 e. The summed E-state index contributed by atoms with van der Waals surface area (Å²) in [6, 6.07) is 4.34. The molecule has 281 valence electrons. The third kappa shape index (κ3) is 48.8. The van der Waals surface area contributed by atoms with Gasteiger partial charge in [-0.25, -0.2) is 0 Å². The van der Waals surface area contributed by atoms with E-state index < -0.39 is 0 Å². The van der Waals surface area contributed by atoms with Crippen LogP contribution >= 0.6 is 0 Å². The summed E-state index contributed by atoms with van der Waals surface area (Å²) in [5.41, 5.74) is 4.73. The van der Waals surface area contributed by atoms with Crippen molar-refractivity contribution in [2.75, 3.05) is 48.9 Å². The van der Waals surface area contributed by atoms with Gasteiger partial charge >= 0.3 is 37.1 Å². The molecule has 0 spiro atoms. The van der Waals surface area contributed by atoms with Crippen molar-refractivity contribution in [1.82, 2.24) is 14.7 Å². The molecule has 0 amide bonds. The average molecular weight is 776 g/mol. The average Bonchev–Trinajstić information content (AvgIpc) is 2.71. The van der Waals surface area contributed by atoms with E-state index in [4.69, 9.17) is 4.74 Å². The van der Waals surface area contributed by atoms with Crippen molar-refractivity contribution in [3.63, 3.8) is 0 Å². The van der Waals surface area contributed by atoms with Gasteiger partial charge in [0.05, 0.1) is 0 Å². The SMILES string of the molecule is CCC(C)(C)C.Cc1cc(C)c(OCC(C)(C)N(C)C)c(C)c1.[CH2-]C(C)(C)C.[CH2-]C(C)(C)N(C)C.[CH2-]C(C)(C)N(C)C.[CH3-].[CH3-].[V+2].[V+2].[V]. The summed E-state index contributed by atoms with van der Waals surface area (Å²) < 4.78 is 6.01. The van der Waals surface area contributed by atoms with Gasteiger partial charge in [0.25, 0.3) is 0 Å². The van der Waals surface area contributed by atoms with Crippen LogP contribution in [0.15, 0.2) is 12.1 Å². The molecule has 47 heavy (non-hydrogen) atoms. The van der Waals surface area contributed by atoms with Crippen LogP contribution in [0.25, 0.3) is 0 Å². The molecule has 0 fully saturated rings. The van der Waals surface area contributed by atoms with E-state index in [0.29, 0.717) is 12.0 Å². The van der Waals surface area contributed by atoms with Gasteiger partial charge in [0, 0.05) is 24.1 Å². The molecule has 0 aromatic heterocycles. The van der Waals surface area contributed by atoms with Gasteiger partial charge in [-0.3, -0.25) is 0 Å². The number of rotatable bonds is 6. The Kier molecular flexibility index (Phi) is 44.7. The summed E-state index contributed by atoms with van der Waals surface area (Å²) in [7, 11) is 12.2. The molecule has 0 saturated heterocycles. The molecule has 0 atom stereocenters. The predicted octanol–water partition coefficient (Wildman–Crippen LogP) is 10.9. The zero-order chi connectivity index (χ0) is 35.1. The van der Waals surface area contributed by atoms with E-state index in [9.17, 15) is 0 Å². The van der Waals surface area contributed by atoms with Gasteiger partial charge in [0.2, 0.25) is 0 Å². The maximum atomic E-state index is 6.01. The molecule has 4 nitrogen and oxygen atoms in total. The molecule has 1 aromatic carbocycles. The molecule has 0 unspecified atom stereocenters. The Balaban J connectivity index is -0.0000000588. The van der Waals surface area contributed by atoms with E-state index in [1.807, 2.05) is 28.2 Å². The number of ether oxygens (including phenoxy) is 1. The second-order valence-electron chi connectivity index (χ2n) is 16.6. The Hall–Kier alpha value is 0.653. The monoisotopic (exact) mass is 775 g/mol. The number of hydrogen-bond acceptors (Lipinski definition) is 4. The molecular weight excluding hydrogens is 691 g/mol. The molecule has 0 aliphatic heterocycles. The molecule has 0 bridgehead atoms. The normalized spacial score (nSPS) is 11.0. The maximum Gasteiger partial charge on any atom is 2.00 e. The quantitative estimate of drug-likeness (QED) is 0.268. The zero-order valence-electron chi connectivity index (χ0n) is 36.3. The van der Waals surface area contributed by atoms with Crippen LogP contribution in [0.1, 0.15) is 113 Å². The summed E-state index contributed by atoms with van der Waals surface area (Å²) in [6.07, 6.45) is 1.27. The first-order valence-electron chi connectivity index (χ1n) is 15.5. The number of nitrogens with zero attached hydrogens (tertiary/aromatic N) is 3. The van der Waals surface area contributed by atoms with Crippen molar-refractivity contribution in [3.05, 3.63) is 64.4 Å². The fraction of sp³-hybridized carbons (Fsp3) is 0.725. The van der Waals surface area contributed by atoms with E-state index in [2.05, 4.69) is 172 Å². The van der Waals surface area contributed by atoms with Gasteiger partial charge in [0.1, 0.15) is 12.4 Å². The van der Waals surface area contributed by atoms with Crippen molar-refractivity contribution in [2.24, 2.45) is 10.8 Å². The third-order valence-corrected chi connectivity index (χ3v) is 6.87. The second kappa shape index (κ2) is 30.3. The van der Waals surface area contributed by atoms with Crippen molar-refractivity contribution >= 4 is 0 Å². The number of likely N-dealkylation sites (N-methyl/N-ethyl adjacent to an activating group) is 1. The smallest absolute Gasteiger partial charge is 0.491 e. The summed E-state index contributed by atoms with van der Waals surface area (Å²) in [4.78, 5) is 6.34. The summed E-state index contributed by atoms with van der Waals surface area (Å²) >= 11 is 0. The Morgan fingerprint density at radius 2 is 0.809 bits per heavy atom. The van der Waals surface area contributed by atoms with Crippen LogP contribution in [0.2, 0.25) is 0 Å². The van der Waals surface area contributed by atoms with Crippen LogP contribution in [0.4, 0.5) is 0 Å². The van der Waals surface area contributed by atoms with Gasteiger partial charge in [-0.15, -0.1) is 11.1 Å². The van der Waals surface area contributed by atoms with Gasteiger partial charge < -0.3 is 55.1 Å². The van der Waals surface area contributed by atoms with Crippen LogP contribution in [-0.2, 0) is 55.7 Å². The number of hydrogen-bond donors (Lipinski definition) is 0. The Morgan fingerprint density at radius 3 is 0.957 bits per heavy atom. The molecule has 0 aliphatic rings. The van der Waals surface area contributed by atoms with Crippen LogP contribution in [0.5, 0.6) is 5.75 Å². The summed E-state index contributed by atoms with van der Waals surface area (Å²) in [5, 5.41) is 0. The summed E-state index contributed by atoms with van der Waals surface area (Å²) in [5.74, 6) is 1.03. The first-order valence-corrected chi connectivity index (χ1v) is 15.5. The first-order chi connectivity index (χ1) is 18.2. The number of benzene rings is 1. The molecular formula is C40H84N3OV3-. The molecule has 0 aliphatic carbocycles. The molecule has 0 saturated carbocycles. The van der Waals surface area contributed by atoms with Crippen molar-refractivity contribution in [2.45, 2.75) is 134 Å². The fourth-order valence-electron chi connectivity index (χ4n) is 1.77. The molecule has 3 radical (unpaired) electrons. The molecule has 7 heteroatoms. The Labute approximate surface area is 336 Å². The predicted molar refractivity (Wildman–Crippen MR) is 208 cm³/mol. The molecule has 1 rings (SSSR count). The molecule has 0 N–H and O–H groups in total. The summed E-state index contributed by atoms with van der Waals surface area (Å²) in [6.45, 7) is 46.4. The van der Waals surface area contributed by atoms with Gasteiger partial charge in [-0.05, 0) is 93.4 Å². The van der Waals surface area contributed by atoms with Crippen molar-refractivity contribution < 1.29 is 60.4 Å². The minimum atomic E-state index is 0. The maximum absolute atomic E-state index is 6.01. The van der Waals surface area contributed by atoms with E-state index in [1.54, 1.807) is 0 Å². The van der Waals surface area contributed by atoms with Crippen LogP contribution in [-0.4, -0.2) is 80.2 Å². The molecule has 0 heterocycles. The minimum Gasteiger partial charge on any atom is -0.491 e. The van der Waals surface area contributed by atoms with E-state index in [-0.39, 0.29) is 92.6 Å².